The zero-order chi connectivity index (χ0) is 15.8. The van der Waals surface area contributed by atoms with Gasteiger partial charge in [0, 0.05) is 19.6 Å². The van der Waals surface area contributed by atoms with Crippen molar-refractivity contribution >= 4 is 0 Å². The molecule has 1 atom stereocenters. The van der Waals surface area contributed by atoms with Crippen LogP contribution in [0.2, 0.25) is 0 Å². The number of nitrogens with zero attached hydrogens (tertiary/aromatic N) is 1. The van der Waals surface area contributed by atoms with Crippen molar-refractivity contribution in [2.75, 3.05) is 26.7 Å². The largest absolute Gasteiger partial charge is 0.316 e. The van der Waals surface area contributed by atoms with Crippen molar-refractivity contribution < 1.29 is 0 Å². The molecule has 120 valence electrons. The molecule has 1 aromatic rings. The van der Waals surface area contributed by atoms with Crippen molar-refractivity contribution in [2.24, 2.45) is 11.8 Å². The van der Waals surface area contributed by atoms with Crippen LogP contribution in [0.25, 0.3) is 0 Å². The lowest BCUT2D eigenvalue weighted by Gasteiger charge is -2.19. The van der Waals surface area contributed by atoms with E-state index in [1.165, 1.54) is 11.1 Å². The second-order valence-corrected chi connectivity index (χ2v) is 7.29. The molecule has 0 amide bonds. The fourth-order valence-electron chi connectivity index (χ4n) is 2.66. The van der Waals surface area contributed by atoms with Crippen LogP contribution in [-0.2, 0) is 6.54 Å². The van der Waals surface area contributed by atoms with E-state index in [4.69, 9.17) is 0 Å². The second-order valence-electron chi connectivity index (χ2n) is 7.29. The number of hydrogen-bond donors (Lipinski definition) is 1. The van der Waals surface area contributed by atoms with Crippen molar-refractivity contribution in [3.63, 3.8) is 0 Å². The van der Waals surface area contributed by atoms with Gasteiger partial charge in [-0.15, -0.1) is 0 Å². The first-order valence-corrected chi connectivity index (χ1v) is 8.36. The third-order valence-electron chi connectivity index (χ3n) is 3.68. The van der Waals surface area contributed by atoms with Crippen molar-refractivity contribution in [3.05, 3.63) is 35.4 Å². The summed E-state index contributed by atoms with van der Waals surface area (Å²) < 4.78 is 0. The summed E-state index contributed by atoms with van der Waals surface area (Å²) in [5.74, 6) is 2.02. The van der Waals surface area contributed by atoms with E-state index < -0.39 is 0 Å². The molecule has 0 bridgehead atoms. The van der Waals surface area contributed by atoms with E-state index in [1.807, 2.05) is 0 Å². The van der Waals surface area contributed by atoms with Crippen LogP contribution in [0.5, 0.6) is 0 Å². The second kappa shape index (κ2) is 9.22. The van der Waals surface area contributed by atoms with Gasteiger partial charge in [0.15, 0.2) is 0 Å². The molecule has 1 rings (SSSR count). The molecule has 0 spiro atoms. The van der Waals surface area contributed by atoms with Crippen molar-refractivity contribution in [2.45, 2.75) is 47.1 Å². The van der Waals surface area contributed by atoms with Gasteiger partial charge in [0.25, 0.3) is 0 Å². The molecule has 0 saturated carbocycles. The fourth-order valence-corrected chi connectivity index (χ4v) is 2.66. The first-order valence-electron chi connectivity index (χ1n) is 8.36. The van der Waals surface area contributed by atoms with Crippen LogP contribution in [0.4, 0.5) is 0 Å². The Hall–Kier alpha value is -0.860. The smallest absolute Gasteiger partial charge is 0.0230 e. The van der Waals surface area contributed by atoms with Gasteiger partial charge in [0.1, 0.15) is 0 Å². The molecular formula is C19H34N2. The van der Waals surface area contributed by atoms with Crippen molar-refractivity contribution in [1.82, 2.24) is 10.2 Å². The Bertz CT molecular complexity index is 381. The molecule has 0 aromatic heterocycles. The Balaban J connectivity index is 2.45. The minimum atomic E-state index is 0.575. The molecule has 2 heteroatoms. The van der Waals surface area contributed by atoms with Crippen LogP contribution in [0, 0.1) is 11.8 Å². The van der Waals surface area contributed by atoms with Gasteiger partial charge in [-0.1, -0.05) is 58.9 Å². The minimum Gasteiger partial charge on any atom is -0.316 e. The van der Waals surface area contributed by atoms with Crippen LogP contribution in [0.15, 0.2) is 24.3 Å². The molecule has 1 aromatic carbocycles. The molecule has 2 nitrogen and oxygen atoms in total. The number of hydrogen-bond acceptors (Lipinski definition) is 2. The van der Waals surface area contributed by atoms with Gasteiger partial charge in [0.05, 0.1) is 0 Å². The van der Waals surface area contributed by atoms with Gasteiger partial charge in [-0.2, -0.15) is 0 Å². The number of nitrogens with one attached hydrogen (secondary N) is 1. The Morgan fingerprint density at radius 2 is 1.52 bits per heavy atom. The van der Waals surface area contributed by atoms with E-state index in [0.717, 1.165) is 38.0 Å². The summed E-state index contributed by atoms with van der Waals surface area (Å²) in [6.45, 7) is 15.7. The molecule has 1 N–H and O–H groups in total. The van der Waals surface area contributed by atoms with Gasteiger partial charge in [-0.25, -0.2) is 0 Å². The molecule has 21 heavy (non-hydrogen) atoms. The Labute approximate surface area is 131 Å². The molecule has 0 fully saturated rings. The predicted octanol–water partition coefficient (Wildman–Crippen LogP) is 4.12. The summed E-state index contributed by atoms with van der Waals surface area (Å²) >= 11 is 0. The first kappa shape index (κ1) is 18.2. The average molecular weight is 290 g/mol. The SMILES string of the molecule is CC(C)CNCC(C)c1ccc(CN(C)CC(C)C)cc1. The van der Waals surface area contributed by atoms with E-state index in [0.29, 0.717) is 5.92 Å². The van der Waals surface area contributed by atoms with E-state index >= 15 is 0 Å². The monoisotopic (exact) mass is 290 g/mol. The van der Waals surface area contributed by atoms with Crippen LogP contribution in [0.1, 0.15) is 51.7 Å². The highest BCUT2D eigenvalue weighted by atomic mass is 15.1. The van der Waals surface area contributed by atoms with E-state index in [2.05, 4.69) is 76.1 Å². The summed E-state index contributed by atoms with van der Waals surface area (Å²) in [4.78, 5) is 2.40. The molecule has 0 aliphatic rings. The summed E-state index contributed by atoms with van der Waals surface area (Å²) in [5, 5.41) is 3.54. The van der Waals surface area contributed by atoms with Crippen LogP contribution in [-0.4, -0.2) is 31.6 Å². The molecule has 0 aliphatic heterocycles. The standard InChI is InChI=1S/C19H34N2/c1-15(2)11-20-12-17(5)19-9-7-18(8-10-19)14-21(6)13-16(3)4/h7-10,15-17,20H,11-14H2,1-6H3. The molecule has 0 radical (unpaired) electrons. The zero-order valence-electron chi connectivity index (χ0n) is 14.8. The maximum atomic E-state index is 3.54. The van der Waals surface area contributed by atoms with Crippen LogP contribution in [0.3, 0.4) is 0 Å². The maximum absolute atomic E-state index is 3.54. The number of benzene rings is 1. The highest BCUT2D eigenvalue weighted by molar-refractivity contribution is 5.25. The summed E-state index contributed by atoms with van der Waals surface area (Å²) in [6.07, 6.45) is 0. The minimum absolute atomic E-state index is 0.575. The average Bonchev–Trinajstić information content (AvgIpc) is 2.37. The Kier molecular flexibility index (Phi) is 7.98. The summed E-state index contributed by atoms with van der Waals surface area (Å²) in [7, 11) is 2.20. The third kappa shape index (κ3) is 7.63. The first-order chi connectivity index (χ1) is 9.88. The van der Waals surface area contributed by atoms with Gasteiger partial charge < -0.3 is 10.2 Å². The van der Waals surface area contributed by atoms with Crippen molar-refractivity contribution in [1.29, 1.82) is 0 Å². The fraction of sp³-hybridized carbons (Fsp3) is 0.684. The summed E-state index contributed by atoms with van der Waals surface area (Å²) in [6, 6.07) is 9.15. The molecule has 0 heterocycles. The Morgan fingerprint density at radius 1 is 0.905 bits per heavy atom. The quantitative estimate of drug-likeness (QED) is 0.736. The molecular weight excluding hydrogens is 256 g/mol. The molecule has 0 aliphatic carbocycles. The van der Waals surface area contributed by atoms with Gasteiger partial charge in [-0.3, -0.25) is 0 Å². The van der Waals surface area contributed by atoms with E-state index in [1.54, 1.807) is 0 Å². The lowest BCUT2D eigenvalue weighted by Crippen LogP contribution is -2.24. The lowest BCUT2D eigenvalue weighted by atomic mass is 9.99. The maximum Gasteiger partial charge on any atom is 0.0230 e. The normalized spacial score (nSPS) is 13.4. The lowest BCUT2D eigenvalue weighted by molar-refractivity contribution is 0.288. The molecule has 0 saturated heterocycles. The zero-order valence-corrected chi connectivity index (χ0v) is 14.8. The van der Waals surface area contributed by atoms with Gasteiger partial charge in [0.2, 0.25) is 0 Å². The Morgan fingerprint density at radius 3 is 2.05 bits per heavy atom. The van der Waals surface area contributed by atoms with E-state index in [-0.39, 0.29) is 0 Å². The van der Waals surface area contributed by atoms with Gasteiger partial charge in [-0.05, 0) is 42.5 Å². The highest BCUT2D eigenvalue weighted by Gasteiger charge is 2.07. The highest BCUT2D eigenvalue weighted by Crippen LogP contribution is 2.16. The number of rotatable bonds is 9. The van der Waals surface area contributed by atoms with Crippen LogP contribution < -0.4 is 5.32 Å². The van der Waals surface area contributed by atoms with Crippen LogP contribution >= 0.6 is 0 Å². The van der Waals surface area contributed by atoms with Gasteiger partial charge >= 0.3 is 0 Å². The topological polar surface area (TPSA) is 15.3 Å². The predicted molar refractivity (Wildman–Crippen MR) is 93.7 cm³/mol. The molecule has 1 unspecified atom stereocenters. The van der Waals surface area contributed by atoms with E-state index in [9.17, 15) is 0 Å². The summed E-state index contributed by atoms with van der Waals surface area (Å²) in [5.41, 5.74) is 2.84. The van der Waals surface area contributed by atoms with Crippen molar-refractivity contribution in [3.8, 4) is 0 Å². The third-order valence-corrected chi connectivity index (χ3v) is 3.68.